The molecule has 0 saturated heterocycles. The molecule has 2 nitrogen and oxygen atoms in total. The van der Waals surface area contributed by atoms with Gasteiger partial charge in [0.1, 0.15) is 5.75 Å². The first-order valence-corrected chi connectivity index (χ1v) is 4.42. The Kier molecular flexibility index (Phi) is 17.1. The van der Waals surface area contributed by atoms with Crippen molar-refractivity contribution in [1.82, 2.24) is 6.15 Å². The first kappa shape index (κ1) is 18.7. The maximum Gasteiger partial charge on any atom is 0.119 e. The molecule has 0 heterocycles. The molecule has 0 aliphatic heterocycles. The van der Waals surface area contributed by atoms with Crippen molar-refractivity contribution in [2.45, 2.75) is 13.8 Å². The highest BCUT2D eigenvalue weighted by atomic mass is 79.9. The summed E-state index contributed by atoms with van der Waals surface area (Å²) in [7, 11) is 1.65. The molecular weight excluding hydrogens is 298 g/mol. The van der Waals surface area contributed by atoms with E-state index in [0.717, 1.165) is 10.2 Å². The molecule has 78 valence electrons. The van der Waals surface area contributed by atoms with Gasteiger partial charge >= 0.3 is 0 Å². The lowest BCUT2D eigenvalue weighted by Gasteiger charge is -1.96. The van der Waals surface area contributed by atoms with Crippen molar-refractivity contribution in [3.63, 3.8) is 0 Å². The third kappa shape index (κ3) is 8.28. The zero-order valence-corrected chi connectivity index (χ0v) is 11.5. The molecule has 3 N–H and O–H groups in total. The van der Waals surface area contributed by atoms with Crippen molar-refractivity contribution in [2.24, 2.45) is 0 Å². The van der Waals surface area contributed by atoms with Crippen LogP contribution in [0.1, 0.15) is 13.8 Å². The van der Waals surface area contributed by atoms with Gasteiger partial charge in [0, 0.05) is 4.47 Å². The van der Waals surface area contributed by atoms with Crippen LogP contribution in [0.4, 0.5) is 0 Å². The molecule has 0 bridgehead atoms. The molecule has 13 heavy (non-hydrogen) atoms. The Hall–Kier alpha value is -0.0600. The lowest BCUT2D eigenvalue weighted by molar-refractivity contribution is 0.414. The monoisotopic (exact) mass is 313 g/mol. The fourth-order valence-corrected chi connectivity index (χ4v) is 0.972. The lowest BCUT2D eigenvalue weighted by atomic mass is 10.3. The Morgan fingerprint density at radius 2 is 1.77 bits per heavy atom. The van der Waals surface area contributed by atoms with Gasteiger partial charge in [-0.05, 0) is 18.2 Å². The van der Waals surface area contributed by atoms with Crippen LogP contribution in [0, 0.1) is 0 Å². The molecule has 0 atom stereocenters. The van der Waals surface area contributed by atoms with Crippen LogP contribution < -0.4 is 10.9 Å². The molecular formula is C9H17Br2NO. The molecule has 0 radical (unpaired) electrons. The summed E-state index contributed by atoms with van der Waals surface area (Å²) in [5.74, 6) is 0.879. The van der Waals surface area contributed by atoms with Gasteiger partial charge in [-0.2, -0.15) is 0 Å². The number of rotatable bonds is 1. The Morgan fingerprint density at radius 1 is 1.23 bits per heavy atom. The molecule has 1 aromatic carbocycles. The number of hydrogen-bond acceptors (Lipinski definition) is 2. The number of halogens is 2. The Balaban J connectivity index is -0.000000234. The first-order valence-electron chi connectivity index (χ1n) is 3.62. The van der Waals surface area contributed by atoms with Crippen LogP contribution in [0.15, 0.2) is 28.7 Å². The minimum atomic E-state index is 0. The van der Waals surface area contributed by atoms with E-state index in [4.69, 9.17) is 4.74 Å². The van der Waals surface area contributed by atoms with E-state index in [-0.39, 0.29) is 23.1 Å². The summed E-state index contributed by atoms with van der Waals surface area (Å²) in [6.07, 6.45) is 0. The number of methoxy groups -OCH3 is 1. The van der Waals surface area contributed by atoms with Crippen molar-refractivity contribution >= 4 is 32.9 Å². The molecule has 0 aliphatic rings. The van der Waals surface area contributed by atoms with Crippen LogP contribution in [0.2, 0.25) is 0 Å². The normalized spacial score (nSPS) is 6.77. The van der Waals surface area contributed by atoms with E-state index < -0.39 is 0 Å². The first-order chi connectivity index (χ1) is 5.33. The molecule has 1 aromatic rings. The van der Waals surface area contributed by atoms with E-state index in [1.165, 1.54) is 0 Å². The van der Waals surface area contributed by atoms with Crippen LogP contribution in [0.25, 0.3) is 0 Å². The lowest BCUT2D eigenvalue weighted by Crippen LogP contribution is -1.79. The van der Waals surface area contributed by atoms with Crippen molar-refractivity contribution in [3.05, 3.63) is 28.7 Å². The standard InChI is InChI=1S/C7H7BrO.C2H6.BrH.H3N/c1-9-7-4-2-3-6(8)5-7;1-2;;/h2-5H,1H3;1-2H3;1H;1H3. The molecule has 0 aromatic heterocycles. The van der Waals surface area contributed by atoms with Crippen molar-refractivity contribution in [2.75, 3.05) is 7.11 Å². The Morgan fingerprint density at radius 3 is 2.08 bits per heavy atom. The van der Waals surface area contributed by atoms with Gasteiger partial charge < -0.3 is 10.9 Å². The number of ether oxygens (including phenoxy) is 1. The maximum atomic E-state index is 4.96. The third-order valence-electron chi connectivity index (χ3n) is 1.03. The second-order valence-corrected chi connectivity index (χ2v) is 2.58. The van der Waals surface area contributed by atoms with Gasteiger partial charge in [-0.1, -0.05) is 35.8 Å². The zero-order chi connectivity index (χ0) is 8.69. The molecule has 0 spiro atoms. The van der Waals surface area contributed by atoms with Crippen LogP contribution in [0.3, 0.4) is 0 Å². The average molecular weight is 315 g/mol. The summed E-state index contributed by atoms with van der Waals surface area (Å²) in [4.78, 5) is 0. The minimum absolute atomic E-state index is 0. The fraction of sp³-hybridized carbons (Fsp3) is 0.333. The van der Waals surface area contributed by atoms with Gasteiger partial charge in [-0.3, -0.25) is 0 Å². The summed E-state index contributed by atoms with van der Waals surface area (Å²) in [5.41, 5.74) is 0. The van der Waals surface area contributed by atoms with E-state index in [1.807, 2.05) is 38.1 Å². The predicted octanol–water partition coefficient (Wildman–Crippen LogP) is 4.22. The van der Waals surface area contributed by atoms with Crippen molar-refractivity contribution in [3.8, 4) is 5.75 Å². The van der Waals surface area contributed by atoms with E-state index in [9.17, 15) is 0 Å². The van der Waals surface area contributed by atoms with Crippen LogP contribution in [0.5, 0.6) is 5.75 Å². The van der Waals surface area contributed by atoms with Gasteiger partial charge in [-0.25, -0.2) is 0 Å². The van der Waals surface area contributed by atoms with Gasteiger partial charge in [-0.15, -0.1) is 17.0 Å². The minimum Gasteiger partial charge on any atom is -0.497 e. The molecule has 0 amide bonds. The van der Waals surface area contributed by atoms with Gasteiger partial charge in [0.15, 0.2) is 0 Å². The molecule has 0 saturated carbocycles. The fourth-order valence-electron chi connectivity index (χ4n) is 0.594. The molecule has 0 fully saturated rings. The Labute approximate surface area is 99.2 Å². The zero-order valence-electron chi connectivity index (χ0n) is 8.21. The van der Waals surface area contributed by atoms with Gasteiger partial charge in [0.25, 0.3) is 0 Å². The van der Waals surface area contributed by atoms with Gasteiger partial charge in [0.05, 0.1) is 7.11 Å². The third-order valence-corrected chi connectivity index (χ3v) is 1.53. The summed E-state index contributed by atoms with van der Waals surface area (Å²) < 4.78 is 6.01. The molecule has 4 heteroatoms. The van der Waals surface area contributed by atoms with E-state index in [0.29, 0.717) is 0 Å². The van der Waals surface area contributed by atoms with Crippen LogP contribution >= 0.6 is 32.9 Å². The number of benzene rings is 1. The molecule has 1 rings (SSSR count). The molecule has 0 unspecified atom stereocenters. The predicted molar refractivity (Wildman–Crippen MR) is 67.4 cm³/mol. The SMILES string of the molecule is Br.CC.COc1cccc(Br)c1.N. The summed E-state index contributed by atoms with van der Waals surface area (Å²) >= 11 is 3.32. The second kappa shape index (κ2) is 11.9. The highest BCUT2D eigenvalue weighted by Crippen LogP contribution is 2.16. The summed E-state index contributed by atoms with van der Waals surface area (Å²) in [6.45, 7) is 4.00. The van der Waals surface area contributed by atoms with E-state index in [1.54, 1.807) is 7.11 Å². The average Bonchev–Trinajstić information content (AvgIpc) is 2.08. The maximum absolute atomic E-state index is 4.96. The topological polar surface area (TPSA) is 44.2 Å². The Bertz CT molecular complexity index is 207. The largest absolute Gasteiger partial charge is 0.497 e. The number of hydrogen-bond donors (Lipinski definition) is 1. The second-order valence-electron chi connectivity index (χ2n) is 1.66. The van der Waals surface area contributed by atoms with Gasteiger partial charge in [0.2, 0.25) is 0 Å². The summed E-state index contributed by atoms with van der Waals surface area (Å²) in [6, 6.07) is 7.72. The van der Waals surface area contributed by atoms with Crippen LogP contribution in [-0.4, -0.2) is 7.11 Å². The quantitative estimate of drug-likeness (QED) is 0.843. The summed E-state index contributed by atoms with van der Waals surface area (Å²) in [5, 5.41) is 0. The van der Waals surface area contributed by atoms with E-state index >= 15 is 0 Å². The highest BCUT2D eigenvalue weighted by molar-refractivity contribution is 9.10. The smallest absolute Gasteiger partial charge is 0.119 e. The van der Waals surface area contributed by atoms with E-state index in [2.05, 4.69) is 15.9 Å². The van der Waals surface area contributed by atoms with Crippen molar-refractivity contribution < 1.29 is 4.74 Å². The van der Waals surface area contributed by atoms with Crippen LogP contribution in [-0.2, 0) is 0 Å². The molecule has 0 aliphatic carbocycles. The van der Waals surface area contributed by atoms with Crippen molar-refractivity contribution in [1.29, 1.82) is 0 Å². The highest BCUT2D eigenvalue weighted by Gasteiger charge is 1.88.